The number of hydrogen-bond acceptors (Lipinski definition) is 3. The molecule has 0 fully saturated rings. The van der Waals surface area contributed by atoms with Crippen LogP contribution < -0.4 is 5.32 Å². The molecule has 0 aliphatic rings. The highest BCUT2D eigenvalue weighted by Gasteiger charge is 2.33. The van der Waals surface area contributed by atoms with Crippen LogP contribution >= 0.6 is 23.2 Å². The molecule has 136 valence electrons. The van der Waals surface area contributed by atoms with Gasteiger partial charge in [0.25, 0.3) is 0 Å². The van der Waals surface area contributed by atoms with Crippen LogP contribution in [0.15, 0.2) is 24.5 Å². The van der Waals surface area contributed by atoms with Crippen molar-refractivity contribution in [1.82, 2.24) is 9.97 Å². The number of alkyl halides is 4. The van der Waals surface area contributed by atoms with Crippen molar-refractivity contribution >= 4 is 29.0 Å². The van der Waals surface area contributed by atoms with Gasteiger partial charge in [0, 0.05) is 11.1 Å². The van der Waals surface area contributed by atoms with Crippen molar-refractivity contribution in [2.45, 2.75) is 38.7 Å². The molecule has 1 aromatic carbocycles. The smallest absolute Gasteiger partial charge is 0.366 e. The predicted molar refractivity (Wildman–Crippen MR) is 89.8 cm³/mol. The average molecular weight is 396 g/mol. The lowest BCUT2D eigenvalue weighted by Crippen LogP contribution is -2.22. The first-order valence-corrected chi connectivity index (χ1v) is 8.11. The second-order valence-electron chi connectivity index (χ2n) is 5.59. The molecule has 0 saturated carbocycles. The van der Waals surface area contributed by atoms with Crippen LogP contribution in [0, 0.1) is 0 Å². The van der Waals surface area contributed by atoms with E-state index in [4.69, 9.17) is 23.2 Å². The number of aromatic nitrogens is 2. The van der Waals surface area contributed by atoms with Crippen LogP contribution in [0.3, 0.4) is 0 Å². The molecular weight excluding hydrogens is 381 g/mol. The summed E-state index contributed by atoms with van der Waals surface area (Å²) in [6.45, 7) is 2.95. The summed E-state index contributed by atoms with van der Waals surface area (Å²) in [6, 6.07) is 3.18. The Balaban J connectivity index is 2.22. The lowest BCUT2D eigenvalue weighted by atomic mass is 10.0. The maximum absolute atomic E-state index is 13.4. The minimum Gasteiger partial charge on any atom is -0.366 e. The summed E-state index contributed by atoms with van der Waals surface area (Å²) in [5, 5.41) is 2.92. The zero-order valence-corrected chi connectivity index (χ0v) is 14.8. The summed E-state index contributed by atoms with van der Waals surface area (Å²) in [4.78, 5) is 7.69. The van der Waals surface area contributed by atoms with Gasteiger partial charge in [0.05, 0.1) is 11.3 Å². The maximum atomic E-state index is 13.4. The summed E-state index contributed by atoms with van der Waals surface area (Å²) >= 11 is 11.7. The molecule has 0 radical (unpaired) electrons. The number of hydrogen-bond donors (Lipinski definition) is 1. The summed E-state index contributed by atoms with van der Waals surface area (Å²) < 4.78 is 52.9. The van der Waals surface area contributed by atoms with Gasteiger partial charge < -0.3 is 5.32 Å². The van der Waals surface area contributed by atoms with E-state index in [1.807, 2.05) is 0 Å². The van der Waals surface area contributed by atoms with Crippen LogP contribution in [0.1, 0.15) is 36.8 Å². The van der Waals surface area contributed by atoms with Gasteiger partial charge in [0.2, 0.25) is 0 Å². The Morgan fingerprint density at radius 1 is 1.16 bits per heavy atom. The zero-order valence-electron chi connectivity index (χ0n) is 13.3. The van der Waals surface area contributed by atoms with E-state index in [0.717, 1.165) is 12.4 Å². The van der Waals surface area contributed by atoms with Gasteiger partial charge in [0.15, 0.2) is 0 Å². The largest absolute Gasteiger partial charge is 0.416 e. The lowest BCUT2D eigenvalue weighted by Gasteiger charge is -2.19. The Morgan fingerprint density at radius 3 is 2.44 bits per heavy atom. The molecule has 0 aliphatic carbocycles. The number of halogens is 6. The van der Waals surface area contributed by atoms with E-state index in [-0.39, 0.29) is 33.5 Å². The SMILES string of the molecule is CC(Cc1ccc(Cl)cc1C(F)(F)F)Nc1ncnc(C(C)F)c1Cl. The summed E-state index contributed by atoms with van der Waals surface area (Å²) in [6.07, 6.45) is -4.70. The van der Waals surface area contributed by atoms with Gasteiger partial charge in [-0.15, -0.1) is 0 Å². The van der Waals surface area contributed by atoms with Crippen molar-refractivity contribution in [2.24, 2.45) is 0 Å². The Morgan fingerprint density at radius 2 is 1.84 bits per heavy atom. The fourth-order valence-corrected chi connectivity index (χ4v) is 2.84. The van der Waals surface area contributed by atoms with Gasteiger partial charge in [-0.25, -0.2) is 14.4 Å². The Labute approximate surface area is 152 Å². The number of benzene rings is 1. The van der Waals surface area contributed by atoms with Crippen molar-refractivity contribution in [3.8, 4) is 0 Å². The highest BCUT2D eigenvalue weighted by atomic mass is 35.5. The van der Waals surface area contributed by atoms with Gasteiger partial charge in [-0.1, -0.05) is 29.3 Å². The number of rotatable bonds is 5. The second kappa shape index (κ2) is 7.74. The minimum atomic E-state index is -4.51. The normalized spacial score (nSPS) is 14.2. The highest BCUT2D eigenvalue weighted by molar-refractivity contribution is 6.33. The molecule has 2 unspecified atom stereocenters. The molecule has 2 rings (SSSR count). The third kappa shape index (κ3) is 4.95. The third-order valence-corrected chi connectivity index (χ3v) is 4.09. The quantitative estimate of drug-likeness (QED) is 0.642. The molecule has 1 aromatic heterocycles. The minimum absolute atomic E-state index is 0.0106. The number of anilines is 1. The third-order valence-electron chi connectivity index (χ3n) is 3.48. The van der Waals surface area contributed by atoms with Crippen LogP contribution in [-0.4, -0.2) is 16.0 Å². The van der Waals surface area contributed by atoms with Gasteiger partial charge in [-0.2, -0.15) is 13.2 Å². The Bertz CT molecular complexity index is 751. The first kappa shape index (κ1) is 19.7. The fraction of sp³-hybridized carbons (Fsp3) is 0.375. The molecule has 1 heterocycles. The molecule has 9 heteroatoms. The van der Waals surface area contributed by atoms with E-state index in [1.54, 1.807) is 6.92 Å². The summed E-state index contributed by atoms with van der Waals surface area (Å²) in [5.74, 6) is 0.172. The van der Waals surface area contributed by atoms with Crippen molar-refractivity contribution in [2.75, 3.05) is 5.32 Å². The van der Waals surface area contributed by atoms with Crippen molar-refractivity contribution in [1.29, 1.82) is 0 Å². The summed E-state index contributed by atoms with van der Waals surface area (Å²) in [7, 11) is 0. The molecule has 3 nitrogen and oxygen atoms in total. The Kier molecular flexibility index (Phi) is 6.11. The van der Waals surface area contributed by atoms with Crippen LogP contribution in [-0.2, 0) is 12.6 Å². The van der Waals surface area contributed by atoms with Gasteiger partial charge in [-0.05, 0) is 38.0 Å². The maximum Gasteiger partial charge on any atom is 0.416 e. The molecule has 0 aliphatic heterocycles. The topological polar surface area (TPSA) is 37.8 Å². The summed E-state index contributed by atoms with van der Waals surface area (Å²) in [5.41, 5.74) is -0.685. The average Bonchev–Trinajstić information content (AvgIpc) is 2.50. The van der Waals surface area contributed by atoms with E-state index in [1.165, 1.54) is 19.1 Å². The van der Waals surface area contributed by atoms with Crippen LogP contribution in [0.5, 0.6) is 0 Å². The van der Waals surface area contributed by atoms with Crippen LogP contribution in [0.25, 0.3) is 0 Å². The van der Waals surface area contributed by atoms with Crippen molar-refractivity contribution in [3.05, 3.63) is 51.4 Å². The fourth-order valence-electron chi connectivity index (χ4n) is 2.37. The van der Waals surface area contributed by atoms with E-state index in [2.05, 4.69) is 15.3 Å². The molecule has 0 spiro atoms. The first-order chi connectivity index (χ1) is 11.6. The van der Waals surface area contributed by atoms with E-state index in [9.17, 15) is 17.6 Å². The molecule has 0 amide bonds. The molecule has 0 bridgehead atoms. The second-order valence-corrected chi connectivity index (χ2v) is 6.40. The zero-order chi connectivity index (χ0) is 18.8. The monoisotopic (exact) mass is 395 g/mol. The molecule has 25 heavy (non-hydrogen) atoms. The van der Waals surface area contributed by atoms with Gasteiger partial charge >= 0.3 is 6.18 Å². The first-order valence-electron chi connectivity index (χ1n) is 7.36. The Hall–Kier alpha value is -1.60. The lowest BCUT2D eigenvalue weighted by molar-refractivity contribution is -0.138. The van der Waals surface area contributed by atoms with Crippen LogP contribution in [0.2, 0.25) is 10.0 Å². The number of nitrogens with zero attached hydrogens (tertiary/aromatic N) is 2. The number of nitrogens with one attached hydrogen (secondary N) is 1. The molecule has 2 aromatic rings. The molecule has 2 atom stereocenters. The van der Waals surface area contributed by atoms with Gasteiger partial charge in [-0.3, -0.25) is 0 Å². The molecule has 0 saturated heterocycles. The van der Waals surface area contributed by atoms with Crippen LogP contribution in [0.4, 0.5) is 23.4 Å². The molecular formula is C16H15Cl2F4N3. The van der Waals surface area contributed by atoms with E-state index >= 15 is 0 Å². The standard InChI is InChI=1S/C16H15Cl2F4N3/c1-8(25-15-13(18)14(9(2)19)23-7-24-15)5-10-3-4-11(17)6-12(10)16(20,21)22/h3-4,6-9H,5H2,1-2H3,(H,23,24,25). The predicted octanol–water partition coefficient (Wildman–Crippen LogP) is 5.88. The van der Waals surface area contributed by atoms with E-state index in [0.29, 0.717) is 0 Å². The van der Waals surface area contributed by atoms with Crippen molar-refractivity contribution in [3.63, 3.8) is 0 Å². The molecule has 1 N–H and O–H groups in total. The van der Waals surface area contributed by atoms with Crippen molar-refractivity contribution < 1.29 is 17.6 Å². The highest BCUT2D eigenvalue weighted by Crippen LogP contribution is 2.35. The van der Waals surface area contributed by atoms with Gasteiger partial charge in [0.1, 0.15) is 23.3 Å². The van der Waals surface area contributed by atoms with E-state index < -0.39 is 24.0 Å².